The molecular weight excluding hydrogens is 366 g/mol. The highest BCUT2D eigenvalue weighted by molar-refractivity contribution is 7.84. The summed E-state index contributed by atoms with van der Waals surface area (Å²) in [5.74, 6) is 1.89. The molecule has 2 fully saturated rings. The van der Waals surface area contributed by atoms with Crippen LogP contribution in [0.5, 0.6) is 11.5 Å². The SMILES string of the molecule is CC[C@@]12CCC[C@H]1[C@@H]1C[C@H](O)c3cc(OS(N)(=O)=O)c(OC)cc3[C@H]1CC2. The van der Waals surface area contributed by atoms with Crippen molar-refractivity contribution in [2.75, 3.05) is 7.11 Å². The lowest BCUT2D eigenvalue weighted by Crippen LogP contribution is -2.41. The normalized spacial score (nSPS) is 35.1. The van der Waals surface area contributed by atoms with E-state index in [1.165, 1.54) is 39.2 Å². The molecule has 1 aromatic rings. The van der Waals surface area contributed by atoms with Crippen molar-refractivity contribution >= 4 is 10.3 Å². The fraction of sp³-hybridized carbons (Fsp3) is 0.700. The second-order valence-corrected chi connectivity index (χ2v) is 9.64. The Hall–Kier alpha value is -1.31. The number of rotatable bonds is 4. The lowest BCUT2D eigenvalue weighted by Gasteiger charge is -2.51. The molecule has 27 heavy (non-hydrogen) atoms. The second kappa shape index (κ2) is 6.64. The predicted molar refractivity (Wildman–Crippen MR) is 102 cm³/mol. The molecule has 3 aliphatic rings. The predicted octanol–water partition coefficient (Wildman–Crippen LogP) is 3.40. The zero-order chi connectivity index (χ0) is 19.4. The van der Waals surface area contributed by atoms with Crippen molar-refractivity contribution in [2.45, 2.75) is 63.9 Å². The highest BCUT2D eigenvalue weighted by Gasteiger charge is 2.53. The molecule has 0 spiro atoms. The monoisotopic (exact) mass is 395 g/mol. The first kappa shape index (κ1) is 19.0. The summed E-state index contributed by atoms with van der Waals surface area (Å²) in [7, 11) is -2.68. The van der Waals surface area contributed by atoms with Crippen LogP contribution in [0.3, 0.4) is 0 Å². The van der Waals surface area contributed by atoms with Crippen LogP contribution in [0, 0.1) is 17.3 Å². The Labute approximate surface area is 161 Å². The van der Waals surface area contributed by atoms with Crippen molar-refractivity contribution in [1.29, 1.82) is 0 Å². The van der Waals surface area contributed by atoms with E-state index in [0.717, 1.165) is 24.0 Å². The molecular formula is C20H29NO5S. The van der Waals surface area contributed by atoms with Crippen molar-refractivity contribution in [3.05, 3.63) is 23.3 Å². The smallest absolute Gasteiger partial charge is 0.380 e. The van der Waals surface area contributed by atoms with E-state index in [4.69, 9.17) is 14.1 Å². The third-order valence-electron chi connectivity index (χ3n) is 7.50. The lowest BCUT2D eigenvalue weighted by atomic mass is 9.54. The average Bonchev–Trinajstić information content (AvgIpc) is 3.05. The number of ether oxygens (including phenoxy) is 1. The maximum Gasteiger partial charge on any atom is 0.380 e. The van der Waals surface area contributed by atoms with Gasteiger partial charge in [-0.3, -0.25) is 0 Å². The largest absolute Gasteiger partial charge is 0.493 e. The number of hydrogen-bond donors (Lipinski definition) is 2. The fourth-order valence-corrected chi connectivity index (χ4v) is 6.73. The minimum Gasteiger partial charge on any atom is -0.493 e. The number of nitrogens with two attached hydrogens (primary N) is 1. The van der Waals surface area contributed by atoms with Crippen LogP contribution in [0.1, 0.15) is 75.0 Å². The van der Waals surface area contributed by atoms with Gasteiger partial charge in [0.1, 0.15) is 0 Å². The molecule has 6 nitrogen and oxygen atoms in total. The highest BCUT2D eigenvalue weighted by atomic mass is 32.2. The van der Waals surface area contributed by atoms with E-state index >= 15 is 0 Å². The van der Waals surface area contributed by atoms with Gasteiger partial charge in [0.15, 0.2) is 11.5 Å². The van der Waals surface area contributed by atoms with Crippen LogP contribution >= 0.6 is 0 Å². The van der Waals surface area contributed by atoms with Crippen LogP contribution in [0.25, 0.3) is 0 Å². The van der Waals surface area contributed by atoms with Gasteiger partial charge >= 0.3 is 10.3 Å². The van der Waals surface area contributed by atoms with Gasteiger partial charge in [0, 0.05) is 0 Å². The lowest BCUT2D eigenvalue weighted by molar-refractivity contribution is 0.00599. The molecule has 7 heteroatoms. The number of aliphatic hydroxyl groups is 1. The minimum atomic E-state index is -4.16. The van der Waals surface area contributed by atoms with E-state index in [1.54, 1.807) is 6.07 Å². The number of methoxy groups -OCH3 is 1. The molecule has 4 rings (SSSR count). The van der Waals surface area contributed by atoms with E-state index < -0.39 is 16.4 Å². The third-order valence-corrected chi connectivity index (χ3v) is 7.91. The van der Waals surface area contributed by atoms with Crippen molar-refractivity contribution in [2.24, 2.45) is 22.4 Å². The van der Waals surface area contributed by atoms with Crippen LogP contribution in [0.4, 0.5) is 0 Å². The Balaban J connectivity index is 1.75. The number of benzene rings is 1. The van der Waals surface area contributed by atoms with Crippen molar-refractivity contribution in [3.8, 4) is 11.5 Å². The zero-order valence-corrected chi connectivity index (χ0v) is 16.8. The first-order valence-corrected chi connectivity index (χ1v) is 11.4. The fourth-order valence-electron chi connectivity index (χ4n) is 6.35. The molecule has 0 unspecified atom stereocenters. The first-order chi connectivity index (χ1) is 12.8. The maximum atomic E-state index is 11.4. The number of fused-ring (bicyclic) bond motifs is 5. The van der Waals surface area contributed by atoms with Crippen LogP contribution in [-0.2, 0) is 10.3 Å². The summed E-state index contributed by atoms with van der Waals surface area (Å²) in [5, 5.41) is 15.9. The van der Waals surface area contributed by atoms with Gasteiger partial charge in [-0.2, -0.15) is 13.6 Å². The van der Waals surface area contributed by atoms with Gasteiger partial charge in [0.25, 0.3) is 0 Å². The summed E-state index contributed by atoms with van der Waals surface area (Å²) in [4.78, 5) is 0. The van der Waals surface area contributed by atoms with Crippen LogP contribution in [0.2, 0.25) is 0 Å². The Morgan fingerprint density at radius 2 is 1.96 bits per heavy atom. The second-order valence-electron chi connectivity index (χ2n) is 8.48. The summed E-state index contributed by atoms with van der Waals surface area (Å²) in [6.45, 7) is 2.31. The summed E-state index contributed by atoms with van der Waals surface area (Å²) >= 11 is 0. The molecule has 0 radical (unpaired) electrons. The third kappa shape index (κ3) is 3.13. The van der Waals surface area contributed by atoms with Crippen LogP contribution in [-0.4, -0.2) is 20.6 Å². The first-order valence-electron chi connectivity index (χ1n) is 9.90. The molecule has 0 saturated heterocycles. The van der Waals surface area contributed by atoms with Crippen LogP contribution < -0.4 is 14.1 Å². The highest BCUT2D eigenvalue weighted by Crippen LogP contribution is 2.63. The van der Waals surface area contributed by atoms with Gasteiger partial charge in [-0.15, -0.1) is 0 Å². The van der Waals surface area contributed by atoms with E-state index in [9.17, 15) is 13.5 Å². The van der Waals surface area contributed by atoms with Crippen molar-refractivity contribution in [1.82, 2.24) is 0 Å². The van der Waals surface area contributed by atoms with Crippen molar-refractivity contribution in [3.63, 3.8) is 0 Å². The van der Waals surface area contributed by atoms with E-state index in [2.05, 4.69) is 6.92 Å². The molecule has 3 N–H and O–H groups in total. The van der Waals surface area contributed by atoms with Gasteiger partial charge in [-0.05, 0) is 78.5 Å². The number of aliphatic hydroxyl groups excluding tert-OH is 1. The zero-order valence-electron chi connectivity index (χ0n) is 16.0. The topological polar surface area (TPSA) is 98.9 Å². The molecule has 1 aromatic carbocycles. The molecule has 0 aromatic heterocycles. The molecule has 0 bridgehead atoms. The molecule has 5 atom stereocenters. The van der Waals surface area contributed by atoms with E-state index in [0.29, 0.717) is 28.9 Å². The summed E-state index contributed by atoms with van der Waals surface area (Å²) in [5.41, 5.74) is 2.27. The maximum absolute atomic E-state index is 11.4. The van der Waals surface area contributed by atoms with Gasteiger partial charge in [-0.1, -0.05) is 19.8 Å². The molecule has 0 aliphatic heterocycles. The molecule has 150 valence electrons. The Morgan fingerprint density at radius 3 is 2.63 bits per heavy atom. The summed E-state index contributed by atoms with van der Waals surface area (Å²) in [6.07, 6.45) is 7.50. The molecule has 3 aliphatic carbocycles. The Morgan fingerprint density at radius 1 is 1.22 bits per heavy atom. The minimum absolute atomic E-state index is 0.0378. The number of hydrogen-bond acceptors (Lipinski definition) is 5. The average molecular weight is 396 g/mol. The van der Waals surface area contributed by atoms with Gasteiger partial charge < -0.3 is 14.0 Å². The van der Waals surface area contributed by atoms with Crippen molar-refractivity contribution < 1.29 is 22.4 Å². The Kier molecular flexibility index (Phi) is 4.68. The molecule has 0 heterocycles. The Bertz CT molecular complexity index is 839. The van der Waals surface area contributed by atoms with Gasteiger partial charge in [-0.25, -0.2) is 0 Å². The quantitative estimate of drug-likeness (QED) is 0.814. The standard InChI is InChI=1S/C20H29NO5S/c1-3-20-7-4-5-16(20)14-9-17(22)15-11-19(26-27(21,23)24)18(25-2)10-13(15)12(14)6-8-20/h10-12,14,16-17,22H,3-9H2,1-2H3,(H2,21,23,24)/t12-,14-,16+,17+,20+/m1/s1. The molecule has 2 saturated carbocycles. The van der Waals surface area contributed by atoms with Gasteiger partial charge in [0.05, 0.1) is 13.2 Å². The van der Waals surface area contributed by atoms with Crippen LogP contribution in [0.15, 0.2) is 12.1 Å². The van der Waals surface area contributed by atoms with Gasteiger partial charge in [0.2, 0.25) is 0 Å². The van der Waals surface area contributed by atoms with E-state index in [1.807, 2.05) is 6.07 Å². The summed E-state index contributed by atoms with van der Waals surface area (Å²) < 4.78 is 33.0. The van der Waals surface area contributed by atoms with E-state index in [-0.39, 0.29) is 5.75 Å². The summed E-state index contributed by atoms with van der Waals surface area (Å²) in [6, 6.07) is 3.44. The molecule has 0 amide bonds.